The Morgan fingerprint density at radius 3 is 2.62 bits per heavy atom. The molecule has 2 N–H and O–H groups in total. The molecule has 1 aliphatic rings. The van der Waals surface area contributed by atoms with Crippen LogP contribution in [0.2, 0.25) is 0 Å². The van der Waals surface area contributed by atoms with Crippen molar-refractivity contribution >= 4 is 6.03 Å². The predicted molar refractivity (Wildman–Crippen MR) is 84.1 cm³/mol. The van der Waals surface area contributed by atoms with Crippen molar-refractivity contribution in [1.29, 1.82) is 0 Å². The van der Waals surface area contributed by atoms with E-state index in [2.05, 4.69) is 37.4 Å². The van der Waals surface area contributed by atoms with Gasteiger partial charge in [-0.3, -0.25) is 0 Å². The summed E-state index contributed by atoms with van der Waals surface area (Å²) in [6.07, 6.45) is 1.49. The van der Waals surface area contributed by atoms with Crippen LogP contribution in [-0.2, 0) is 6.54 Å². The Kier molecular flexibility index (Phi) is 5.23. The third-order valence-corrected chi connectivity index (χ3v) is 4.44. The summed E-state index contributed by atoms with van der Waals surface area (Å²) in [5.41, 5.74) is 3.61. The molecule has 1 heterocycles. The summed E-state index contributed by atoms with van der Waals surface area (Å²) < 4.78 is 0. The van der Waals surface area contributed by atoms with Gasteiger partial charge in [0.05, 0.1) is 6.10 Å². The third kappa shape index (κ3) is 4.21. The van der Waals surface area contributed by atoms with E-state index in [4.69, 9.17) is 0 Å². The van der Waals surface area contributed by atoms with Crippen molar-refractivity contribution in [3.63, 3.8) is 0 Å². The highest BCUT2D eigenvalue weighted by Crippen LogP contribution is 2.20. The van der Waals surface area contributed by atoms with E-state index in [0.717, 1.165) is 31.5 Å². The van der Waals surface area contributed by atoms with E-state index in [1.165, 1.54) is 11.1 Å². The number of piperidine rings is 1. The summed E-state index contributed by atoms with van der Waals surface area (Å²) in [5.74, 6) is 0.327. The monoisotopic (exact) mass is 290 g/mol. The molecule has 1 saturated heterocycles. The fourth-order valence-electron chi connectivity index (χ4n) is 2.91. The van der Waals surface area contributed by atoms with Crippen LogP contribution in [0.1, 0.15) is 36.5 Å². The molecule has 0 aliphatic carbocycles. The molecule has 116 valence electrons. The second-order valence-corrected chi connectivity index (χ2v) is 6.15. The van der Waals surface area contributed by atoms with E-state index in [1.807, 2.05) is 11.8 Å². The Bertz CT molecular complexity index is 492. The largest absolute Gasteiger partial charge is 0.393 e. The van der Waals surface area contributed by atoms with Crippen LogP contribution in [0.25, 0.3) is 0 Å². The van der Waals surface area contributed by atoms with E-state index in [0.29, 0.717) is 12.5 Å². The van der Waals surface area contributed by atoms with Gasteiger partial charge < -0.3 is 15.3 Å². The molecule has 1 aliphatic heterocycles. The Morgan fingerprint density at radius 1 is 1.38 bits per heavy atom. The van der Waals surface area contributed by atoms with E-state index < -0.39 is 0 Å². The summed E-state index contributed by atoms with van der Waals surface area (Å²) in [4.78, 5) is 14.0. The van der Waals surface area contributed by atoms with Gasteiger partial charge in [-0.25, -0.2) is 4.79 Å². The number of benzene rings is 1. The highest BCUT2D eigenvalue weighted by molar-refractivity contribution is 5.74. The summed E-state index contributed by atoms with van der Waals surface area (Å²) in [6, 6.07) is 6.28. The second-order valence-electron chi connectivity index (χ2n) is 6.15. The molecule has 1 unspecified atom stereocenters. The summed E-state index contributed by atoms with van der Waals surface area (Å²) >= 11 is 0. The van der Waals surface area contributed by atoms with Crippen molar-refractivity contribution in [2.24, 2.45) is 5.92 Å². The van der Waals surface area contributed by atoms with Crippen LogP contribution in [0.5, 0.6) is 0 Å². The number of rotatable bonds is 3. The van der Waals surface area contributed by atoms with Crippen LogP contribution >= 0.6 is 0 Å². The van der Waals surface area contributed by atoms with Crippen molar-refractivity contribution in [2.75, 3.05) is 13.1 Å². The van der Waals surface area contributed by atoms with E-state index in [-0.39, 0.29) is 12.1 Å². The van der Waals surface area contributed by atoms with Crippen LogP contribution in [-0.4, -0.2) is 35.2 Å². The number of likely N-dealkylation sites (tertiary alicyclic amines) is 1. The number of nitrogens with one attached hydrogen (secondary N) is 1. The average Bonchev–Trinajstić information content (AvgIpc) is 2.46. The molecule has 0 aromatic heterocycles. The third-order valence-electron chi connectivity index (χ3n) is 4.44. The minimum Gasteiger partial charge on any atom is -0.393 e. The molecular formula is C17H26N2O2. The number of nitrogens with zero attached hydrogens (tertiary/aromatic N) is 1. The minimum absolute atomic E-state index is 0.000909. The fraction of sp³-hybridized carbons (Fsp3) is 0.588. The first-order chi connectivity index (χ1) is 9.97. The number of hydrogen-bond acceptors (Lipinski definition) is 2. The van der Waals surface area contributed by atoms with Crippen LogP contribution in [0, 0.1) is 19.8 Å². The van der Waals surface area contributed by atoms with Gasteiger partial charge >= 0.3 is 6.03 Å². The van der Waals surface area contributed by atoms with Gasteiger partial charge in [0.2, 0.25) is 0 Å². The number of aryl methyl sites for hydroxylation is 2. The molecule has 1 atom stereocenters. The number of urea groups is 1. The fourth-order valence-corrected chi connectivity index (χ4v) is 2.91. The quantitative estimate of drug-likeness (QED) is 0.899. The van der Waals surface area contributed by atoms with Crippen LogP contribution < -0.4 is 5.32 Å². The number of aliphatic hydroxyl groups excluding tert-OH is 1. The molecule has 0 spiro atoms. The number of carbonyl (C=O) groups excluding carboxylic acids is 1. The van der Waals surface area contributed by atoms with Crippen molar-refractivity contribution < 1.29 is 9.90 Å². The number of hydrogen-bond donors (Lipinski definition) is 2. The van der Waals surface area contributed by atoms with Gasteiger partial charge in [-0.2, -0.15) is 0 Å². The van der Waals surface area contributed by atoms with Crippen molar-refractivity contribution in [3.05, 3.63) is 34.9 Å². The molecule has 0 bridgehead atoms. The maximum atomic E-state index is 12.2. The smallest absolute Gasteiger partial charge is 0.317 e. The van der Waals surface area contributed by atoms with Gasteiger partial charge in [0.15, 0.2) is 0 Å². The van der Waals surface area contributed by atoms with Crippen molar-refractivity contribution in [3.8, 4) is 0 Å². The Labute approximate surface area is 127 Å². The van der Waals surface area contributed by atoms with Crippen molar-refractivity contribution in [1.82, 2.24) is 10.2 Å². The zero-order valence-corrected chi connectivity index (χ0v) is 13.2. The predicted octanol–water partition coefficient (Wildman–Crippen LogP) is 2.61. The Balaban J connectivity index is 1.82. The highest BCUT2D eigenvalue weighted by atomic mass is 16.3. The summed E-state index contributed by atoms with van der Waals surface area (Å²) in [7, 11) is 0. The summed E-state index contributed by atoms with van der Waals surface area (Å²) in [6.45, 7) is 8.01. The first kappa shape index (κ1) is 15.8. The number of carbonyl (C=O) groups is 1. The van der Waals surface area contributed by atoms with Crippen LogP contribution in [0.3, 0.4) is 0 Å². The highest BCUT2D eigenvalue weighted by Gasteiger charge is 2.25. The van der Waals surface area contributed by atoms with E-state index in [1.54, 1.807) is 0 Å². The topological polar surface area (TPSA) is 52.6 Å². The number of amides is 2. The first-order valence-electron chi connectivity index (χ1n) is 7.74. The summed E-state index contributed by atoms with van der Waals surface area (Å²) in [5, 5.41) is 12.6. The van der Waals surface area contributed by atoms with Crippen LogP contribution in [0.4, 0.5) is 4.79 Å². The lowest BCUT2D eigenvalue weighted by atomic mass is 9.92. The lowest BCUT2D eigenvalue weighted by Crippen LogP contribution is -2.45. The molecule has 2 amide bonds. The maximum Gasteiger partial charge on any atom is 0.317 e. The average molecular weight is 290 g/mol. The van der Waals surface area contributed by atoms with Gasteiger partial charge in [-0.05, 0) is 50.7 Å². The normalized spacial score (nSPS) is 17.6. The molecule has 4 heteroatoms. The van der Waals surface area contributed by atoms with Gasteiger partial charge in [0, 0.05) is 19.6 Å². The van der Waals surface area contributed by atoms with E-state index in [9.17, 15) is 9.90 Å². The zero-order valence-electron chi connectivity index (χ0n) is 13.2. The van der Waals surface area contributed by atoms with Gasteiger partial charge in [-0.15, -0.1) is 0 Å². The van der Waals surface area contributed by atoms with E-state index >= 15 is 0 Å². The molecule has 2 rings (SSSR count). The van der Waals surface area contributed by atoms with Gasteiger partial charge in [0.1, 0.15) is 0 Å². The lowest BCUT2D eigenvalue weighted by molar-refractivity contribution is 0.0798. The molecule has 1 fully saturated rings. The Morgan fingerprint density at radius 2 is 2.05 bits per heavy atom. The number of aliphatic hydroxyl groups is 1. The standard InChI is InChI=1S/C17H26N2O2/c1-12-4-5-16(13(2)10-12)11-18-17(21)19-8-6-15(7-9-19)14(3)20/h4-5,10,14-15,20H,6-9,11H2,1-3H3,(H,18,21). The van der Waals surface area contributed by atoms with Crippen LogP contribution in [0.15, 0.2) is 18.2 Å². The van der Waals surface area contributed by atoms with Gasteiger partial charge in [-0.1, -0.05) is 23.8 Å². The molecule has 21 heavy (non-hydrogen) atoms. The SMILES string of the molecule is Cc1ccc(CNC(=O)N2CCC(C(C)O)CC2)c(C)c1. The molecule has 4 nitrogen and oxygen atoms in total. The van der Waals surface area contributed by atoms with Gasteiger partial charge in [0.25, 0.3) is 0 Å². The molecule has 0 radical (unpaired) electrons. The molecule has 0 saturated carbocycles. The first-order valence-corrected chi connectivity index (χ1v) is 7.74. The zero-order chi connectivity index (χ0) is 15.4. The second kappa shape index (κ2) is 6.94. The minimum atomic E-state index is -0.273. The molecular weight excluding hydrogens is 264 g/mol. The Hall–Kier alpha value is -1.55. The molecule has 1 aromatic carbocycles. The maximum absolute atomic E-state index is 12.2. The molecule has 1 aromatic rings. The lowest BCUT2D eigenvalue weighted by Gasteiger charge is -2.33. The van der Waals surface area contributed by atoms with Crippen molar-refractivity contribution in [2.45, 2.75) is 46.3 Å².